The lowest BCUT2D eigenvalue weighted by Gasteiger charge is -2.16. The number of benzene rings is 3. The molecule has 0 saturated carbocycles. The second kappa shape index (κ2) is 13.7. The number of halogens is 4. The van der Waals surface area contributed by atoms with Crippen LogP contribution in [0.2, 0.25) is 5.02 Å². The van der Waals surface area contributed by atoms with Crippen LogP contribution < -0.4 is 0 Å². The standard InChI is InChI=1S/C13H16FNO.C8H6ClN.C8H8F2/c1-9-5-6-15(8-9)13(16)11-4-3-10(2)12(14)7-11;1-6-2-3-7(5-10)8(9)4-6;1-2-6-3-4-7(9)5-8(6)10/h3-4,7,9H,5-6,8H2,1-2H3;2-4H,1H3;3-5H,2H2,1H3/t9-;;/m0../s1. The summed E-state index contributed by atoms with van der Waals surface area (Å²) in [5.41, 5.74) is 3.20. The minimum absolute atomic E-state index is 0.0525. The number of nitrogens with zero attached hydrogens (tertiary/aromatic N) is 2. The van der Waals surface area contributed by atoms with Crippen molar-refractivity contribution >= 4 is 17.5 Å². The van der Waals surface area contributed by atoms with Gasteiger partial charge >= 0.3 is 0 Å². The molecule has 0 unspecified atom stereocenters. The van der Waals surface area contributed by atoms with Crippen molar-refractivity contribution < 1.29 is 18.0 Å². The first-order chi connectivity index (χ1) is 17.0. The molecule has 3 aromatic rings. The minimum atomic E-state index is -0.519. The summed E-state index contributed by atoms with van der Waals surface area (Å²) in [4.78, 5) is 13.8. The van der Waals surface area contributed by atoms with Gasteiger partial charge in [-0.25, -0.2) is 13.2 Å². The quantitative estimate of drug-likeness (QED) is 0.352. The van der Waals surface area contributed by atoms with E-state index in [9.17, 15) is 18.0 Å². The summed E-state index contributed by atoms with van der Waals surface area (Å²) in [7, 11) is 0. The Morgan fingerprint density at radius 2 is 1.78 bits per heavy atom. The summed E-state index contributed by atoms with van der Waals surface area (Å²) >= 11 is 5.71. The number of aryl methyl sites for hydroxylation is 3. The largest absolute Gasteiger partial charge is 0.338 e. The van der Waals surface area contributed by atoms with Crippen LogP contribution in [0.3, 0.4) is 0 Å². The van der Waals surface area contributed by atoms with Gasteiger partial charge in [-0.2, -0.15) is 5.26 Å². The second-order valence-electron chi connectivity index (χ2n) is 8.79. The van der Waals surface area contributed by atoms with Crippen LogP contribution in [-0.2, 0) is 6.42 Å². The number of rotatable bonds is 2. The molecule has 190 valence electrons. The fourth-order valence-corrected chi connectivity index (χ4v) is 3.82. The van der Waals surface area contributed by atoms with Gasteiger partial charge in [0.05, 0.1) is 10.6 Å². The molecule has 0 bridgehead atoms. The molecule has 0 radical (unpaired) electrons. The normalized spacial score (nSPS) is 14.2. The molecule has 0 aliphatic carbocycles. The van der Waals surface area contributed by atoms with Crippen LogP contribution in [0.1, 0.15) is 52.9 Å². The number of nitriles is 1. The Morgan fingerprint density at radius 1 is 1.06 bits per heavy atom. The number of likely N-dealkylation sites (tertiary alicyclic amines) is 1. The highest BCUT2D eigenvalue weighted by Crippen LogP contribution is 2.19. The van der Waals surface area contributed by atoms with Gasteiger partial charge in [-0.15, -0.1) is 0 Å². The monoisotopic (exact) mass is 514 g/mol. The summed E-state index contributed by atoms with van der Waals surface area (Å²) in [6.07, 6.45) is 1.65. The molecular formula is C29H30ClF3N2O. The van der Waals surface area contributed by atoms with E-state index < -0.39 is 11.6 Å². The van der Waals surface area contributed by atoms with Crippen LogP contribution in [0.25, 0.3) is 0 Å². The number of carbonyl (C=O) groups excluding carboxylic acids is 1. The van der Waals surface area contributed by atoms with Crippen molar-refractivity contribution in [3.63, 3.8) is 0 Å². The lowest BCUT2D eigenvalue weighted by atomic mass is 10.1. The van der Waals surface area contributed by atoms with Crippen molar-refractivity contribution in [2.45, 2.75) is 40.5 Å². The maximum atomic E-state index is 13.3. The van der Waals surface area contributed by atoms with Crippen LogP contribution in [0, 0.1) is 48.5 Å². The third-order valence-corrected chi connectivity index (χ3v) is 6.08. The highest BCUT2D eigenvalue weighted by atomic mass is 35.5. The van der Waals surface area contributed by atoms with Crippen LogP contribution >= 0.6 is 11.6 Å². The Bertz CT molecular complexity index is 1240. The van der Waals surface area contributed by atoms with Crippen LogP contribution in [0.4, 0.5) is 13.2 Å². The smallest absolute Gasteiger partial charge is 0.253 e. The van der Waals surface area contributed by atoms with E-state index in [0.29, 0.717) is 39.6 Å². The Labute approximate surface area is 216 Å². The Balaban J connectivity index is 0.000000200. The predicted molar refractivity (Wildman–Crippen MR) is 137 cm³/mol. The van der Waals surface area contributed by atoms with Crippen molar-refractivity contribution in [1.29, 1.82) is 5.26 Å². The van der Waals surface area contributed by atoms with Crippen LogP contribution in [-0.4, -0.2) is 23.9 Å². The first-order valence-electron chi connectivity index (χ1n) is 11.7. The number of hydrogen-bond donors (Lipinski definition) is 0. The lowest BCUT2D eigenvalue weighted by Crippen LogP contribution is -2.28. The molecule has 4 rings (SSSR count). The molecule has 1 saturated heterocycles. The fraction of sp³-hybridized carbons (Fsp3) is 0.310. The zero-order valence-corrected chi connectivity index (χ0v) is 21.7. The van der Waals surface area contributed by atoms with Crippen LogP contribution in [0.15, 0.2) is 54.6 Å². The molecule has 3 nitrogen and oxygen atoms in total. The summed E-state index contributed by atoms with van der Waals surface area (Å²) in [6.45, 7) is 9.16. The fourth-order valence-electron chi connectivity index (χ4n) is 3.55. The van der Waals surface area contributed by atoms with E-state index in [0.717, 1.165) is 31.1 Å². The van der Waals surface area contributed by atoms with Crippen molar-refractivity contribution in [2.24, 2.45) is 5.92 Å². The molecule has 1 atom stereocenters. The summed E-state index contributed by atoms with van der Waals surface area (Å²) in [5, 5.41) is 9.00. The average Bonchev–Trinajstić information content (AvgIpc) is 3.28. The van der Waals surface area contributed by atoms with E-state index in [-0.39, 0.29) is 11.7 Å². The Kier molecular flexibility index (Phi) is 11.0. The maximum absolute atomic E-state index is 13.3. The summed E-state index contributed by atoms with van der Waals surface area (Å²) < 4.78 is 38.2. The first-order valence-corrected chi connectivity index (χ1v) is 12.1. The van der Waals surface area contributed by atoms with Gasteiger partial charge in [0.1, 0.15) is 23.5 Å². The molecule has 36 heavy (non-hydrogen) atoms. The average molecular weight is 515 g/mol. The van der Waals surface area contributed by atoms with Gasteiger partial charge in [0, 0.05) is 24.7 Å². The van der Waals surface area contributed by atoms with Crippen molar-refractivity contribution in [3.05, 3.63) is 105 Å². The van der Waals surface area contributed by atoms with E-state index >= 15 is 0 Å². The van der Waals surface area contributed by atoms with Gasteiger partial charge in [-0.3, -0.25) is 4.79 Å². The highest BCUT2D eigenvalue weighted by molar-refractivity contribution is 6.31. The summed E-state index contributed by atoms with van der Waals surface area (Å²) in [5.74, 6) is -0.780. The van der Waals surface area contributed by atoms with E-state index in [1.807, 2.05) is 26.0 Å². The molecule has 1 heterocycles. The van der Waals surface area contributed by atoms with Gasteiger partial charge in [0.25, 0.3) is 5.91 Å². The molecule has 0 aromatic heterocycles. The summed E-state index contributed by atoms with van der Waals surface area (Å²) in [6, 6.07) is 15.7. The van der Waals surface area contributed by atoms with Gasteiger partial charge in [0.15, 0.2) is 0 Å². The Hall–Kier alpha value is -3.30. The number of hydrogen-bond acceptors (Lipinski definition) is 2. The Morgan fingerprint density at radius 3 is 2.31 bits per heavy atom. The zero-order valence-electron chi connectivity index (χ0n) is 20.9. The van der Waals surface area contributed by atoms with E-state index in [4.69, 9.17) is 16.9 Å². The van der Waals surface area contributed by atoms with Gasteiger partial charge < -0.3 is 4.90 Å². The van der Waals surface area contributed by atoms with Crippen molar-refractivity contribution in [1.82, 2.24) is 4.90 Å². The first kappa shape index (κ1) is 28.9. The van der Waals surface area contributed by atoms with E-state index in [1.54, 1.807) is 36.1 Å². The van der Waals surface area contributed by atoms with Crippen LogP contribution in [0.5, 0.6) is 0 Å². The molecular weight excluding hydrogens is 485 g/mol. The SMILES string of the molecule is CCc1ccc(F)cc1F.Cc1ccc(C#N)c(Cl)c1.Cc1ccc(C(=O)N2CC[C@H](C)C2)cc1F. The molecule has 1 amide bonds. The lowest BCUT2D eigenvalue weighted by molar-refractivity contribution is 0.0787. The number of carbonyl (C=O) groups is 1. The molecule has 1 aliphatic rings. The molecule has 3 aromatic carbocycles. The number of amides is 1. The molecule has 0 N–H and O–H groups in total. The third-order valence-electron chi connectivity index (χ3n) is 5.77. The second-order valence-corrected chi connectivity index (χ2v) is 9.20. The maximum Gasteiger partial charge on any atom is 0.253 e. The molecule has 1 fully saturated rings. The topological polar surface area (TPSA) is 44.1 Å². The van der Waals surface area contributed by atoms with E-state index in [2.05, 4.69) is 6.92 Å². The third kappa shape index (κ3) is 8.42. The molecule has 7 heteroatoms. The predicted octanol–water partition coefficient (Wildman–Crippen LogP) is 7.66. The zero-order chi connectivity index (χ0) is 26.8. The van der Waals surface area contributed by atoms with Gasteiger partial charge in [-0.05, 0) is 79.6 Å². The molecule has 0 spiro atoms. The van der Waals surface area contributed by atoms with Crippen molar-refractivity contribution in [2.75, 3.05) is 13.1 Å². The minimum Gasteiger partial charge on any atom is -0.338 e. The van der Waals surface area contributed by atoms with Gasteiger partial charge in [0.2, 0.25) is 0 Å². The highest BCUT2D eigenvalue weighted by Gasteiger charge is 2.24. The van der Waals surface area contributed by atoms with E-state index in [1.165, 1.54) is 18.2 Å². The van der Waals surface area contributed by atoms with Crippen molar-refractivity contribution in [3.8, 4) is 6.07 Å². The van der Waals surface area contributed by atoms with Gasteiger partial charge in [-0.1, -0.05) is 43.6 Å². The molecule has 1 aliphatic heterocycles.